The highest BCUT2D eigenvalue weighted by molar-refractivity contribution is 7.85. The molecule has 0 fully saturated rings. The Morgan fingerprint density at radius 1 is 0.444 bits per heavy atom. The van der Waals surface area contributed by atoms with Crippen molar-refractivity contribution < 1.29 is 17.5 Å². The molecule has 5 heteroatoms. The average molecular weight is 533 g/mol. The van der Waals surface area contributed by atoms with Crippen molar-refractivity contribution in [3.63, 3.8) is 0 Å². The van der Waals surface area contributed by atoms with Gasteiger partial charge in [-0.05, 0) is 12.8 Å². The quantitative estimate of drug-likeness (QED) is 0.0592. The summed E-state index contributed by atoms with van der Waals surface area (Å²) in [5.41, 5.74) is 0. The van der Waals surface area contributed by atoms with E-state index in [1.807, 2.05) is 0 Å². The van der Waals surface area contributed by atoms with Crippen molar-refractivity contribution in [2.24, 2.45) is 0 Å². The van der Waals surface area contributed by atoms with Crippen LogP contribution in [-0.2, 0) is 10.1 Å². The minimum Gasteiger partial charge on any atom is -0.328 e. The second kappa shape index (κ2) is 25.2. The Morgan fingerprint density at radius 3 is 0.972 bits per heavy atom. The SMILES string of the molecule is CCCCCCCCCCCCCCCCCCCCCCCCCC[N+](C)(C)CCCS(=O)(=O)O. The van der Waals surface area contributed by atoms with Crippen LogP contribution in [-0.4, -0.2) is 50.4 Å². The van der Waals surface area contributed by atoms with Gasteiger partial charge in [0.1, 0.15) is 0 Å². The monoisotopic (exact) mass is 532 g/mol. The van der Waals surface area contributed by atoms with Crippen molar-refractivity contribution in [3.05, 3.63) is 0 Å². The lowest BCUT2D eigenvalue weighted by molar-refractivity contribution is -0.890. The van der Waals surface area contributed by atoms with Gasteiger partial charge in [-0.2, -0.15) is 8.42 Å². The normalized spacial score (nSPS) is 12.4. The molecule has 0 amide bonds. The Morgan fingerprint density at radius 2 is 0.694 bits per heavy atom. The van der Waals surface area contributed by atoms with Crippen LogP contribution in [0.3, 0.4) is 0 Å². The standard InChI is InChI=1S/C31H65NO3S/c1-4-5-6-7-8-9-10-11-12-13-14-15-16-17-18-19-20-21-22-23-24-25-26-27-29-32(2,3)30-28-31-36(33,34)35/h4-31H2,1-3H3/p+1. The molecule has 0 aromatic heterocycles. The summed E-state index contributed by atoms with van der Waals surface area (Å²) in [6, 6.07) is 0. The minimum absolute atomic E-state index is 0.117. The Labute approximate surface area is 227 Å². The highest BCUT2D eigenvalue weighted by atomic mass is 32.2. The zero-order chi connectivity index (χ0) is 26.8. The second-order valence-electron chi connectivity index (χ2n) is 12.2. The van der Waals surface area contributed by atoms with E-state index in [2.05, 4.69) is 21.0 Å². The molecule has 0 radical (unpaired) electrons. The van der Waals surface area contributed by atoms with Crippen molar-refractivity contribution in [3.8, 4) is 0 Å². The lowest BCUT2D eigenvalue weighted by atomic mass is 10.0. The van der Waals surface area contributed by atoms with E-state index in [1.165, 1.54) is 154 Å². The molecule has 0 rings (SSSR count). The van der Waals surface area contributed by atoms with Crippen molar-refractivity contribution in [2.45, 2.75) is 167 Å². The summed E-state index contributed by atoms with van der Waals surface area (Å²) in [4.78, 5) is 0. The number of hydrogen-bond donors (Lipinski definition) is 1. The minimum atomic E-state index is -3.81. The van der Waals surface area contributed by atoms with Gasteiger partial charge in [-0.3, -0.25) is 4.55 Å². The van der Waals surface area contributed by atoms with Gasteiger partial charge in [0, 0.05) is 6.42 Å². The summed E-state index contributed by atoms with van der Waals surface area (Å²) in [6.45, 7) is 4.19. The Bertz CT molecular complexity index is 548. The van der Waals surface area contributed by atoms with E-state index in [0.717, 1.165) is 17.6 Å². The summed E-state index contributed by atoms with van der Waals surface area (Å²) in [6.07, 6.45) is 34.5. The topological polar surface area (TPSA) is 54.4 Å². The van der Waals surface area contributed by atoms with E-state index in [1.54, 1.807) is 0 Å². The Balaban J connectivity index is 3.21. The molecule has 1 N–H and O–H groups in total. The molecule has 0 aromatic carbocycles. The first kappa shape index (κ1) is 35.9. The van der Waals surface area contributed by atoms with Crippen molar-refractivity contribution in [2.75, 3.05) is 32.9 Å². The van der Waals surface area contributed by atoms with Crippen LogP contribution in [0.4, 0.5) is 0 Å². The van der Waals surface area contributed by atoms with Crippen LogP contribution in [0, 0.1) is 0 Å². The van der Waals surface area contributed by atoms with E-state index < -0.39 is 10.1 Å². The molecular formula is C31H66NO3S+. The average Bonchev–Trinajstić information content (AvgIpc) is 2.80. The molecule has 0 atom stereocenters. The number of unbranched alkanes of at least 4 members (excludes halogenated alkanes) is 23. The Kier molecular flexibility index (Phi) is 25.1. The molecular weight excluding hydrogens is 466 g/mol. The molecule has 0 bridgehead atoms. The molecule has 0 aliphatic carbocycles. The van der Waals surface area contributed by atoms with Crippen LogP contribution in [0.5, 0.6) is 0 Å². The maximum atomic E-state index is 10.8. The number of quaternary nitrogens is 1. The van der Waals surface area contributed by atoms with E-state index >= 15 is 0 Å². The molecule has 0 unspecified atom stereocenters. The van der Waals surface area contributed by atoms with Gasteiger partial charge in [-0.15, -0.1) is 0 Å². The highest BCUT2D eigenvalue weighted by Gasteiger charge is 2.16. The number of rotatable bonds is 29. The smallest absolute Gasteiger partial charge is 0.265 e. The van der Waals surface area contributed by atoms with Crippen LogP contribution >= 0.6 is 0 Å². The fourth-order valence-corrected chi connectivity index (χ4v) is 5.78. The molecule has 36 heavy (non-hydrogen) atoms. The molecule has 0 aromatic rings. The van der Waals surface area contributed by atoms with Crippen molar-refractivity contribution in [1.82, 2.24) is 0 Å². The number of nitrogens with zero attached hydrogens (tertiary/aromatic N) is 1. The summed E-state index contributed by atoms with van der Waals surface area (Å²) in [7, 11) is 0.497. The van der Waals surface area contributed by atoms with E-state index in [-0.39, 0.29) is 5.75 Å². The lowest BCUT2D eigenvalue weighted by Crippen LogP contribution is -2.41. The predicted octanol–water partition coefficient (Wildman–Crippen LogP) is 9.72. The van der Waals surface area contributed by atoms with Gasteiger partial charge >= 0.3 is 0 Å². The van der Waals surface area contributed by atoms with Gasteiger partial charge in [0.15, 0.2) is 0 Å². The summed E-state index contributed by atoms with van der Waals surface area (Å²) < 4.78 is 31.4. The summed E-state index contributed by atoms with van der Waals surface area (Å²) in [5, 5.41) is 0. The van der Waals surface area contributed by atoms with E-state index in [0.29, 0.717) is 6.42 Å². The van der Waals surface area contributed by atoms with Gasteiger partial charge in [-0.1, -0.05) is 148 Å². The zero-order valence-electron chi connectivity index (χ0n) is 24.9. The zero-order valence-corrected chi connectivity index (χ0v) is 25.7. The van der Waals surface area contributed by atoms with Crippen molar-refractivity contribution >= 4 is 10.1 Å². The van der Waals surface area contributed by atoms with Gasteiger partial charge in [0.25, 0.3) is 10.1 Å². The van der Waals surface area contributed by atoms with E-state index in [4.69, 9.17) is 4.55 Å². The maximum absolute atomic E-state index is 10.8. The van der Waals surface area contributed by atoms with Crippen LogP contribution in [0.25, 0.3) is 0 Å². The lowest BCUT2D eigenvalue weighted by Gasteiger charge is -2.29. The molecule has 0 spiro atoms. The molecule has 218 valence electrons. The second-order valence-corrected chi connectivity index (χ2v) is 13.7. The highest BCUT2D eigenvalue weighted by Crippen LogP contribution is 2.16. The van der Waals surface area contributed by atoms with Crippen LogP contribution < -0.4 is 0 Å². The fourth-order valence-electron chi connectivity index (χ4n) is 5.29. The summed E-state index contributed by atoms with van der Waals surface area (Å²) in [5.74, 6) is -0.117. The maximum Gasteiger partial charge on any atom is 0.265 e. The first-order chi connectivity index (χ1) is 17.3. The third-order valence-corrected chi connectivity index (χ3v) is 8.59. The van der Waals surface area contributed by atoms with Crippen LogP contribution in [0.1, 0.15) is 167 Å². The first-order valence-electron chi connectivity index (χ1n) is 16.0. The first-order valence-corrected chi connectivity index (χ1v) is 17.6. The van der Waals surface area contributed by atoms with Gasteiger partial charge in [-0.25, -0.2) is 0 Å². The van der Waals surface area contributed by atoms with Crippen LogP contribution in [0.2, 0.25) is 0 Å². The van der Waals surface area contributed by atoms with Gasteiger partial charge < -0.3 is 4.48 Å². The number of hydrogen-bond acceptors (Lipinski definition) is 2. The molecule has 0 aliphatic heterocycles. The largest absolute Gasteiger partial charge is 0.328 e. The van der Waals surface area contributed by atoms with Crippen molar-refractivity contribution in [1.29, 1.82) is 0 Å². The Hall–Kier alpha value is -0.130. The third-order valence-electron chi connectivity index (χ3n) is 7.78. The molecule has 0 aliphatic rings. The third kappa shape index (κ3) is 30.1. The van der Waals surface area contributed by atoms with Gasteiger partial charge in [0.2, 0.25) is 0 Å². The molecule has 4 nitrogen and oxygen atoms in total. The predicted molar refractivity (Wildman–Crippen MR) is 159 cm³/mol. The molecule has 0 saturated carbocycles. The van der Waals surface area contributed by atoms with Crippen LogP contribution in [0.15, 0.2) is 0 Å². The molecule has 0 heterocycles. The fraction of sp³-hybridized carbons (Fsp3) is 1.00. The summed E-state index contributed by atoms with van der Waals surface area (Å²) >= 11 is 0. The molecule has 0 saturated heterocycles. The van der Waals surface area contributed by atoms with E-state index in [9.17, 15) is 8.42 Å². The van der Waals surface area contributed by atoms with Gasteiger partial charge in [0.05, 0.1) is 32.9 Å².